The maximum atomic E-state index is 13.9. The number of fused-ring (bicyclic) bond motifs is 1. The summed E-state index contributed by atoms with van der Waals surface area (Å²) in [6.45, 7) is 4.17. The number of hydrogen-bond acceptors (Lipinski definition) is 8. The summed E-state index contributed by atoms with van der Waals surface area (Å²) in [6, 6.07) is 14.4. The topological polar surface area (TPSA) is 120 Å². The molecule has 0 unspecified atom stereocenters. The molecule has 0 saturated heterocycles. The highest BCUT2D eigenvalue weighted by atomic mass is 35.5. The van der Waals surface area contributed by atoms with Crippen molar-refractivity contribution in [2.75, 3.05) is 13.7 Å². The Morgan fingerprint density at radius 1 is 1.20 bits per heavy atom. The van der Waals surface area contributed by atoms with Crippen LogP contribution in [0, 0.1) is 0 Å². The number of ether oxygens (including phenoxy) is 2. The molecule has 9 nitrogen and oxygen atoms in total. The minimum atomic E-state index is -1.15. The minimum Gasteiger partial charge on any atom is -0.493 e. The number of aromatic nitrogens is 1. The number of rotatable bonds is 8. The van der Waals surface area contributed by atoms with E-state index < -0.39 is 18.0 Å². The second kappa shape index (κ2) is 11.6. The van der Waals surface area contributed by atoms with E-state index in [1.54, 1.807) is 31.2 Å². The van der Waals surface area contributed by atoms with E-state index in [4.69, 9.17) is 25.5 Å². The molecule has 0 spiro atoms. The molecule has 1 aliphatic heterocycles. The fourth-order valence-corrected chi connectivity index (χ4v) is 5.82. The molecule has 210 valence electrons. The van der Waals surface area contributed by atoms with Crippen molar-refractivity contribution in [2.24, 2.45) is 4.99 Å². The van der Waals surface area contributed by atoms with Gasteiger partial charge >= 0.3 is 11.9 Å². The largest absolute Gasteiger partial charge is 0.493 e. The van der Waals surface area contributed by atoms with Gasteiger partial charge in [-0.15, -0.1) is 0 Å². The van der Waals surface area contributed by atoms with Gasteiger partial charge in [-0.1, -0.05) is 48.1 Å². The van der Waals surface area contributed by atoms with Gasteiger partial charge in [0.1, 0.15) is 23.3 Å². The van der Waals surface area contributed by atoms with E-state index in [9.17, 15) is 19.5 Å². The lowest BCUT2D eigenvalue weighted by atomic mass is 9.95. The Labute approximate surface area is 243 Å². The lowest BCUT2D eigenvalue weighted by Crippen LogP contribution is -2.40. The van der Waals surface area contributed by atoms with E-state index in [-0.39, 0.29) is 21.7 Å². The highest BCUT2D eigenvalue weighted by molar-refractivity contribution is 7.07. The molecule has 3 heterocycles. The van der Waals surface area contributed by atoms with Gasteiger partial charge in [-0.3, -0.25) is 9.36 Å². The number of furan rings is 1. The molecule has 0 radical (unpaired) electrons. The van der Waals surface area contributed by atoms with E-state index in [0.717, 1.165) is 17.8 Å². The van der Waals surface area contributed by atoms with Crippen LogP contribution < -0.4 is 19.6 Å². The van der Waals surface area contributed by atoms with Crippen LogP contribution in [0.3, 0.4) is 0 Å². The number of thiazole rings is 1. The van der Waals surface area contributed by atoms with Crippen LogP contribution in [0.2, 0.25) is 5.02 Å². The highest BCUT2D eigenvalue weighted by Gasteiger charge is 2.34. The van der Waals surface area contributed by atoms with Crippen molar-refractivity contribution in [3.8, 4) is 17.1 Å². The van der Waals surface area contributed by atoms with Gasteiger partial charge in [0.15, 0.2) is 4.80 Å². The van der Waals surface area contributed by atoms with Crippen molar-refractivity contribution in [1.82, 2.24) is 4.57 Å². The van der Waals surface area contributed by atoms with Crippen molar-refractivity contribution in [3.63, 3.8) is 0 Å². The molecular formula is C30H25ClN2O7S. The molecule has 0 amide bonds. The molecule has 1 atom stereocenters. The molecule has 4 aromatic rings. The first-order valence-electron chi connectivity index (χ1n) is 12.7. The van der Waals surface area contributed by atoms with E-state index >= 15 is 0 Å². The van der Waals surface area contributed by atoms with Gasteiger partial charge in [-0.2, -0.15) is 0 Å². The Kier molecular flexibility index (Phi) is 7.96. The number of nitrogens with zero attached hydrogens (tertiary/aromatic N) is 2. The number of allylic oxidation sites excluding steroid dienone is 1. The summed E-state index contributed by atoms with van der Waals surface area (Å²) in [5, 5.41) is 9.51. The van der Waals surface area contributed by atoms with Crippen LogP contribution in [0.15, 0.2) is 80.1 Å². The summed E-state index contributed by atoms with van der Waals surface area (Å²) in [7, 11) is 1.29. The zero-order valence-electron chi connectivity index (χ0n) is 22.3. The monoisotopic (exact) mass is 592 g/mol. The second-order valence-corrected chi connectivity index (χ2v) is 10.6. The number of carbonyl (C=O) groups excluding carboxylic acids is 1. The first kappa shape index (κ1) is 28.1. The average molecular weight is 593 g/mol. The number of aromatic carboxylic acids is 1. The lowest BCUT2D eigenvalue weighted by molar-refractivity contribution is -0.136. The number of carboxylic acids is 1. The number of methoxy groups -OCH3 is 1. The number of hydrogen-bond donors (Lipinski definition) is 1. The Bertz CT molecular complexity index is 1880. The van der Waals surface area contributed by atoms with Crippen LogP contribution in [0.4, 0.5) is 0 Å². The molecule has 1 aliphatic rings. The number of para-hydroxylation sites is 1. The van der Waals surface area contributed by atoms with Crippen LogP contribution >= 0.6 is 22.9 Å². The Balaban J connectivity index is 1.63. The maximum absolute atomic E-state index is 13.9. The molecular weight excluding hydrogens is 568 g/mol. The molecule has 1 N–H and O–H groups in total. The average Bonchev–Trinajstić information content (AvgIpc) is 3.55. The van der Waals surface area contributed by atoms with E-state index in [2.05, 4.69) is 4.99 Å². The van der Waals surface area contributed by atoms with Crippen LogP contribution in [0.5, 0.6) is 5.75 Å². The molecule has 0 saturated carbocycles. The molecule has 11 heteroatoms. The van der Waals surface area contributed by atoms with E-state index in [1.807, 2.05) is 31.2 Å². The molecule has 0 aliphatic carbocycles. The second-order valence-electron chi connectivity index (χ2n) is 9.16. The normalized spacial score (nSPS) is 14.9. The number of halogens is 1. The third-order valence-corrected chi connectivity index (χ3v) is 7.80. The van der Waals surface area contributed by atoms with Gasteiger partial charge in [0.25, 0.3) is 5.56 Å². The zero-order valence-corrected chi connectivity index (χ0v) is 23.9. The molecule has 41 heavy (non-hydrogen) atoms. The first-order chi connectivity index (χ1) is 19.7. The van der Waals surface area contributed by atoms with Crippen LogP contribution in [-0.4, -0.2) is 35.3 Å². The first-order valence-corrected chi connectivity index (χ1v) is 13.9. The number of benzene rings is 2. The molecule has 2 aromatic carbocycles. The van der Waals surface area contributed by atoms with Crippen molar-refractivity contribution < 1.29 is 28.6 Å². The summed E-state index contributed by atoms with van der Waals surface area (Å²) < 4.78 is 18.8. The Morgan fingerprint density at radius 3 is 2.71 bits per heavy atom. The van der Waals surface area contributed by atoms with Crippen LogP contribution in [-0.2, 0) is 9.53 Å². The van der Waals surface area contributed by atoms with Crippen molar-refractivity contribution in [2.45, 2.75) is 26.3 Å². The van der Waals surface area contributed by atoms with Crippen molar-refractivity contribution in [3.05, 3.63) is 107 Å². The summed E-state index contributed by atoms with van der Waals surface area (Å²) in [6.07, 6.45) is 2.38. The third-order valence-electron chi connectivity index (χ3n) is 6.48. The standard InChI is InChI=1S/C30H25ClN2O7S/c1-4-13-39-23-8-6-5-7-19(23)26-25(29(37)38-3)16(2)32-30-33(26)27(34)24(41-30)15-18-10-12-22(40-18)17-9-11-21(31)20(14-17)28(35)36/h5-12,14-15,26H,4,13H2,1-3H3,(H,35,36)/b24-15+/t26-/m0/s1. The lowest BCUT2D eigenvalue weighted by Gasteiger charge is -2.26. The number of esters is 1. The minimum absolute atomic E-state index is 0.0459. The summed E-state index contributed by atoms with van der Waals surface area (Å²) in [4.78, 5) is 43.3. The van der Waals surface area contributed by atoms with Gasteiger partial charge in [0.2, 0.25) is 0 Å². The molecule has 2 aromatic heterocycles. The van der Waals surface area contributed by atoms with Crippen LogP contribution in [0.25, 0.3) is 17.4 Å². The number of carboxylic acid groups (broad SMARTS) is 1. The smallest absolute Gasteiger partial charge is 0.338 e. The van der Waals surface area contributed by atoms with Gasteiger partial charge in [-0.05, 0) is 49.7 Å². The molecule has 5 rings (SSSR count). The highest BCUT2D eigenvalue weighted by Crippen LogP contribution is 2.36. The predicted octanol–water partition coefficient (Wildman–Crippen LogP) is 4.81. The third kappa shape index (κ3) is 5.36. The summed E-state index contributed by atoms with van der Waals surface area (Å²) >= 11 is 7.16. The molecule has 0 fully saturated rings. The SMILES string of the molecule is CCCOc1ccccc1[C@H]1C(C(=O)OC)=C(C)N=c2s/c(=C/c3ccc(-c4ccc(Cl)c(C(=O)O)c4)o3)c(=O)n21. The van der Waals surface area contributed by atoms with Gasteiger partial charge in [-0.25, -0.2) is 14.6 Å². The fourth-order valence-electron chi connectivity index (χ4n) is 4.59. The Hall–Kier alpha value is -4.41. The number of carbonyl (C=O) groups is 2. The van der Waals surface area contributed by atoms with Crippen molar-refractivity contribution in [1.29, 1.82) is 0 Å². The maximum Gasteiger partial charge on any atom is 0.338 e. The Morgan fingerprint density at radius 2 is 1.98 bits per heavy atom. The quantitative estimate of drug-likeness (QED) is 0.292. The predicted molar refractivity (Wildman–Crippen MR) is 154 cm³/mol. The van der Waals surface area contributed by atoms with E-state index in [0.29, 0.717) is 50.0 Å². The van der Waals surface area contributed by atoms with Gasteiger partial charge in [0.05, 0.1) is 40.1 Å². The fraction of sp³-hybridized carbons (Fsp3) is 0.200. The van der Waals surface area contributed by atoms with Crippen LogP contribution in [0.1, 0.15) is 48.0 Å². The van der Waals surface area contributed by atoms with Gasteiger partial charge in [0, 0.05) is 17.2 Å². The summed E-state index contributed by atoms with van der Waals surface area (Å²) in [5.41, 5.74) is 1.44. The van der Waals surface area contributed by atoms with Gasteiger partial charge < -0.3 is 19.0 Å². The summed E-state index contributed by atoms with van der Waals surface area (Å²) in [5.74, 6) is -0.390. The zero-order chi connectivity index (χ0) is 29.3. The molecule has 0 bridgehead atoms. The van der Waals surface area contributed by atoms with Crippen molar-refractivity contribution >= 4 is 41.0 Å². The van der Waals surface area contributed by atoms with E-state index in [1.165, 1.54) is 23.8 Å².